The van der Waals surface area contributed by atoms with Crippen molar-refractivity contribution in [3.63, 3.8) is 0 Å². The van der Waals surface area contributed by atoms with E-state index in [2.05, 4.69) is 75.3 Å². The molecule has 0 spiro atoms. The second kappa shape index (κ2) is 11.3. The lowest BCUT2D eigenvalue weighted by atomic mass is 9.76. The Bertz CT molecular complexity index is 1610. The topological polar surface area (TPSA) is 63.2 Å². The largest absolute Gasteiger partial charge is 0.361 e. The molecule has 4 heteroatoms. The maximum absolute atomic E-state index is 4.33. The molecule has 4 aliphatic carbocycles. The van der Waals surface area contributed by atoms with E-state index >= 15 is 0 Å². The summed E-state index contributed by atoms with van der Waals surface area (Å²) in [6, 6.07) is 0. The fraction of sp³-hybridized carbons (Fsp3) is 0.636. The van der Waals surface area contributed by atoms with Gasteiger partial charge in [0.1, 0.15) is 0 Å². The molecule has 1 aliphatic heterocycles. The fourth-order valence-electron chi connectivity index (χ4n) is 12.1. The summed E-state index contributed by atoms with van der Waals surface area (Å²) in [5, 5.41) is 0. The Morgan fingerprint density at radius 1 is 0.333 bits per heavy atom. The van der Waals surface area contributed by atoms with Crippen molar-refractivity contribution in [1.82, 2.24) is 19.9 Å². The van der Waals surface area contributed by atoms with Crippen LogP contribution in [0.5, 0.6) is 0 Å². The van der Waals surface area contributed by atoms with Crippen LogP contribution in [0, 0.1) is 0 Å². The molecule has 0 aromatic carbocycles. The van der Waals surface area contributed by atoms with Gasteiger partial charge in [-0.1, -0.05) is 55.4 Å². The lowest BCUT2D eigenvalue weighted by Gasteiger charge is -2.26. The zero-order valence-corrected chi connectivity index (χ0v) is 31.1. The van der Waals surface area contributed by atoms with Crippen molar-refractivity contribution in [2.45, 2.75) is 180 Å². The first kappa shape index (κ1) is 31.1. The van der Waals surface area contributed by atoms with Crippen LogP contribution in [0.1, 0.15) is 244 Å². The zero-order chi connectivity index (χ0) is 33.2. The van der Waals surface area contributed by atoms with E-state index in [9.17, 15) is 0 Å². The van der Waals surface area contributed by atoms with E-state index < -0.39 is 0 Å². The van der Waals surface area contributed by atoms with Gasteiger partial charge in [0.2, 0.25) is 0 Å². The molecule has 4 N–H and O–H groups in total. The summed E-state index contributed by atoms with van der Waals surface area (Å²) in [4.78, 5) is 17.3. The Balaban J connectivity index is 1.39. The van der Waals surface area contributed by atoms with E-state index in [1.807, 2.05) is 0 Å². The molecule has 0 radical (unpaired) electrons. The average Bonchev–Trinajstić information content (AvgIpc) is 3.82. The van der Waals surface area contributed by atoms with Crippen molar-refractivity contribution in [3.05, 3.63) is 90.1 Å². The van der Waals surface area contributed by atoms with Gasteiger partial charge in [0.25, 0.3) is 0 Å². The second-order valence-corrected chi connectivity index (χ2v) is 17.8. The van der Waals surface area contributed by atoms with Gasteiger partial charge in [-0.15, -0.1) is 0 Å². The van der Waals surface area contributed by atoms with E-state index in [-0.39, 0.29) is 0 Å². The molecule has 4 nitrogen and oxygen atoms in total. The highest BCUT2D eigenvalue weighted by Gasteiger charge is 2.42. The standard InChI is InChI=1S/C44H60N4/c1-21(2)33-25-13-9-18-30-37(25)45-41(33)29-17-10-14-26-34(22(3)4)43(46-38(26)29)31-19-12-16-28-36(24(7)8)44(48-40(28)31)32-20-11-15-27-35(23(5)6)42(30)47-39(27)32/h21-24,29-32,45-48H,9-20H2,1-8H3. The van der Waals surface area contributed by atoms with Gasteiger partial charge < -0.3 is 19.9 Å². The van der Waals surface area contributed by atoms with Gasteiger partial charge in [-0.25, -0.2) is 0 Å². The molecule has 0 amide bonds. The zero-order valence-electron chi connectivity index (χ0n) is 31.1. The second-order valence-electron chi connectivity index (χ2n) is 17.8. The highest BCUT2D eigenvalue weighted by Crippen LogP contribution is 2.53. The normalized spacial score (nSPS) is 24.4. The number of aromatic nitrogens is 4. The molecule has 256 valence electrons. The molecule has 0 saturated heterocycles. The van der Waals surface area contributed by atoms with Gasteiger partial charge in [-0.2, -0.15) is 0 Å². The first-order chi connectivity index (χ1) is 23.2. The minimum atomic E-state index is 0.427. The third-order valence-electron chi connectivity index (χ3n) is 13.6. The predicted octanol–water partition coefficient (Wildman–Crippen LogP) is 11.7. The van der Waals surface area contributed by atoms with Gasteiger partial charge in [-0.05, 0) is 145 Å². The third kappa shape index (κ3) is 4.32. The van der Waals surface area contributed by atoms with Crippen LogP contribution >= 0.6 is 0 Å². The molecule has 5 heterocycles. The Kier molecular flexibility index (Phi) is 7.34. The maximum atomic E-state index is 4.33. The van der Waals surface area contributed by atoms with Crippen molar-refractivity contribution in [3.8, 4) is 0 Å². The molecule has 4 aromatic rings. The van der Waals surface area contributed by atoms with Gasteiger partial charge in [-0.3, -0.25) is 0 Å². The van der Waals surface area contributed by atoms with E-state index in [4.69, 9.17) is 0 Å². The number of H-pyrrole nitrogens is 4. The van der Waals surface area contributed by atoms with Gasteiger partial charge in [0, 0.05) is 69.2 Å². The average molecular weight is 645 g/mol. The number of fused-ring (bicyclic) bond motifs is 8. The number of rotatable bonds is 4. The lowest BCUT2D eigenvalue weighted by Crippen LogP contribution is -2.14. The molecule has 4 unspecified atom stereocenters. The molecule has 8 bridgehead atoms. The van der Waals surface area contributed by atoms with Crippen LogP contribution in [0.15, 0.2) is 0 Å². The third-order valence-corrected chi connectivity index (χ3v) is 13.6. The summed E-state index contributed by atoms with van der Waals surface area (Å²) >= 11 is 0. The molecular weight excluding hydrogens is 585 g/mol. The molecule has 5 aliphatic rings. The maximum Gasteiger partial charge on any atom is 0.0398 e. The summed E-state index contributed by atoms with van der Waals surface area (Å²) in [6.07, 6.45) is 15.0. The molecule has 0 fully saturated rings. The summed E-state index contributed by atoms with van der Waals surface area (Å²) in [5.74, 6) is 3.77. The van der Waals surface area contributed by atoms with E-state index in [0.717, 1.165) is 0 Å². The summed E-state index contributed by atoms with van der Waals surface area (Å²) < 4.78 is 0. The highest BCUT2D eigenvalue weighted by molar-refractivity contribution is 5.57. The number of hydrogen-bond donors (Lipinski definition) is 4. The Morgan fingerprint density at radius 2 is 0.542 bits per heavy atom. The van der Waals surface area contributed by atoms with Crippen molar-refractivity contribution >= 4 is 0 Å². The molecule has 4 aromatic heterocycles. The van der Waals surface area contributed by atoms with Crippen LogP contribution in [0.4, 0.5) is 0 Å². The van der Waals surface area contributed by atoms with Crippen molar-refractivity contribution in [1.29, 1.82) is 0 Å². The van der Waals surface area contributed by atoms with E-state index in [1.165, 1.54) is 77.0 Å². The number of nitrogens with one attached hydrogen (secondary N) is 4. The predicted molar refractivity (Wildman–Crippen MR) is 199 cm³/mol. The van der Waals surface area contributed by atoms with Crippen LogP contribution in [-0.2, 0) is 25.7 Å². The molecule has 9 rings (SSSR count). The first-order valence-corrected chi connectivity index (χ1v) is 20.1. The van der Waals surface area contributed by atoms with Gasteiger partial charge in [0.15, 0.2) is 0 Å². The Labute approximate surface area is 289 Å². The van der Waals surface area contributed by atoms with E-state index in [0.29, 0.717) is 47.3 Å². The smallest absolute Gasteiger partial charge is 0.0398 e. The monoisotopic (exact) mass is 644 g/mol. The summed E-state index contributed by atoms with van der Waals surface area (Å²) in [6.45, 7) is 19.7. The van der Waals surface area contributed by atoms with Crippen LogP contribution in [0.2, 0.25) is 0 Å². The van der Waals surface area contributed by atoms with Crippen LogP contribution in [0.3, 0.4) is 0 Å². The minimum Gasteiger partial charge on any atom is -0.361 e. The SMILES string of the molecule is CC(C)c1c2[nH]c3c1CCCC3c1[nH]c3c(c1C(C)C)CCCC3c1[nH]c3c(c1C(C)C)CCCC3c1[nH]c3c(c1C(C)C)CCCC32. The van der Waals surface area contributed by atoms with Crippen LogP contribution in [0.25, 0.3) is 0 Å². The quantitative estimate of drug-likeness (QED) is 0.171. The molecule has 48 heavy (non-hydrogen) atoms. The number of aromatic amines is 4. The summed E-state index contributed by atoms with van der Waals surface area (Å²) in [5.41, 5.74) is 25.6. The van der Waals surface area contributed by atoms with Gasteiger partial charge in [0.05, 0.1) is 0 Å². The highest BCUT2D eigenvalue weighted by atomic mass is 14.9. The fourth-order valence-corrected chi connectivity index (χ4v) is 12.1. The Hall–Kier alpha value is -2.88. The van der Waals surface area contributed by atoms with Crippen LogP contribution in [-0.4, -0.2) is 19.9 Å². The first-order valence-electron chi connectivity index (χ1n) is 20.1. The summed E-state index contributed by atoms with van der Waals surface area (Å²) in [7, 11) is 0. The molecular formula is C44H60N4. The van der Waals surface area contributed by atoms with Crippen molar-refractivity contribution in [2.24, 2.45) is 0 Å². The van der Waals surface area contributed by atoms with Gasteiger partial charge >= 0.3 is 0 Å². The number of hydrogen-bond acceptors (Lipinski definition) is 0. The van der Waals surface area contributed by atoms with Crippen molar-refractivity contribution in [2.75, 3.05) is 0 Å². The van der Waals surface area contributed by atoms with Crippen LogP contribution < -0.4 is 0 Å². The Morgan fingerprint density at radius 3 is 0.729 bits per heavy atom. The minimum absolute atomic E-state index is 0.427. The molecule has 4 atom stereocenters. The molecule has 0 saturated carbocycles. The van der Waals surface area contributed by atoms with E-state index in [1.54, 1.807) is 90.1 Å². The van der Waals surface area contributed by atoms with Crippen molar-refractivity contribution < 1.29 is 0 Å². The lowest BCUT2D eigenvalue weighted by molar-refractivity contribution is 0.569.